The molecule has 128 valence electrons. The normalized spacial score (nSPS) is 10.0. The van der Waals surface area contributed by atoms with Crippen LogP contribution < -0.4 is 26.4 Å². The summed E-state index contributed by atoms with van der Waals surface area (Å²) in [6.45, 7) is 2.89. The Kier molecular flexibility index (Phi) is 5.95. The van der Waals surface area contributed by atoms with Crippen molar-refractivity contribution in [2.45, 2.75) is 6.92 Å². The average Bonchev–Trinajstić information content (AvgIpc) is 3.00. The van der Waals surface area contributed by atoms with Crippen molar-refractivity contribution in [1.29, 1.82) is 0 Å². The number of hydrogen-bond donors (Lipinski definition) is 4. The molecule has 0 bridgehead atoms. The summed E-state index contributed by atoms with van der Waals surface area (Å²) in [5.41, 5.74) is 5.93. The molecule has 24 heavy (non-hydrogen) atoms. The molecular formula is C14H18N6O4. The number of nitrogens with two attached hydrogens (primary N) is 1. The molecule has 0 fully saturated rings. The number of hydrogen-bond acceptors (Lipinski definition) is 7. The summed E-state index contributed by atoms with van der Waals surface area (Å²) in [5.74, 6) is 0.115. The van der Waals surface area contributed by atoms with E-state index in [2.05, 4.69) is 30.9 Å². The zero-order chi connectivity index (χ0) is 17.4. The Balaban J connectivity index is 1.68. The van der Waals surface area contributed by atoms with Crippen LogP contribution in [0.15, 0.2) is 28.9 Å². The van der Waals surface area contributed by atoms with Crippen LogP contribution in [0.5, 0.6) is 5.75 Å². The first-order valence-electron chi connectivity index (χ1n) is 7.24. The van der Waals surface area contributed by atoms with Gasteiger partial charge in [0.15, 0.2) is 0 Å². The highest BCUT2D eigenvalue weighted by atomic mass is 16.6. The second kappa shape index (κ2) is 8.36. The lowest BCUT2D eigenvalue weighted by molar-refractivity contribution is 0.0944. The largest absolute Gasteiger partial charge is 0.494 e. The van der Waals surface area contributed by atoms with Gasteiger partial charge in [0.25, 0.3) is 5.91 Å². The second-order valence-electron chi connectivity index (χ2n) is 4.59. The van der Waals surface area contributed by atoms with E-state index in [1.807, 2.05) is 6.92 Å². The topological polar surface area (TPSA) is 144 Å². The Bertz CT molecular complexity index is 685. The van der Waals surface area contributed by atoms with Crippen LogP contribution >= 0.6 is 0 Å². The SMILES string of the molecule is CCOc1ccc(NC(=O)NCCNC(=O)c2nonc2N)cc1. The van der Waals surface area contributed by atoms with Crippen molar-refractivity contribution >= 4 is 23.4 Å². The minimum Gasteiger partial charge on any atom is -0.494 e. The van der Waals surface area contributed by atoms with Crippen molar-refractivity contribution in [2.24, 2.45) is 0 Å². The molecule has 0 unspecified atom stereocenters. The van der Waals surface area contributed by atoms with Gasteiger partial charge in [-0.25, -0.2) is 9.42 Å². The first-order chi connectivity index (χ1) is 11.6. The Morgan fingerprint density at radius 1 is 1.17 bits per heavy atom. The van der Waals surface area contributed by atoms with Crippen molar-refractivity contribution in [3.8, 4) is 5.75 Å². The third-order valence-electron chi connectivity index (χ3n) is 2.85. The summed E-state index contributed by atoms with van der Waals surface area (Å²) in [6, 6.07) is 6.58. The molecular weight excluding hydrogens is 316 g/mol. The first kappa shape index (κ1) is 17.1. The third kappa shape index (κ3) is 4.87. The molecule has 0 radical (unpaired) electrons. The van der Waals surface area contributed by atoms with E-state index in [9.17, 15) is 9.59 Å². The average molecular weight is 334 g/mol. The second-order valence-corrected chi connectivity index (χ2v) is 4.59. The van der Waals surface area contributed by atoms with Gasteiger partial charge in [-0.2, -0.15) is 0 Å². The number of ether oxygens (including phenoxy) is 1. The standard InChI is InChI=1S/C14H18N6O4/c1-2-23-10-5-3-9(4-6-10)18-14(22)17-8-7-16-13(21)11-12(15)20-24-19-11/h3-6H,2,7-8H2,1H3,(H2,15,20)(H,16,21)(H2,17,18,22). The molecule has 0 saturated heterocycles. The fourth-order valence-electron chi connectivity index (χ4n) is 1.77. The zero-order valence-corrected chi connectivity index (χ0v) is 13.0. The summed E-state index contributed by atoms with van der Waals surface area (Å²) in [4.78, 5) is 23.4. The fraction of sp³-hybridized carbons (Fsp3) is 0.286. The quantitative estimate of drug-likeness (QED) is 0.543. The molecule has 2 rings (SSSR count). The van der Waals surface area contributed by atoms with Gasteiger partial charge in [0, 0.05) is 18.8 Å². The van der Waals surface area contributed by atoms with E-state index in [4.69, 9.17) is 10.5 Å². The Morgan fingerprint density at radius 2 is 1.88 bits per heavy atom. The summed E-state index contributed by atoms with van der Waals surface area (Å²) >= 11 is 0. The van der Waals surface area contributed by atoms with Crippen LogP contribution in [0, 0.1) is 0 Å². The van der Waals surface area contributed by atoms with Gasteiger partial charge in [0.1, 0.15) is 5.75 Å². The third-order valence-corrected chi connectivity index (χ3v) is 2.85. The van der Waals surface area contributed by atoms with Crippen LogP contribution in [0.2, 0.25) is 0 Å². The fourth-order valence-corrected chi connectivity index (χ4v) is 1.77. The van der Waals surface area contributed by atoms with Gasteiger partial charge in [-0.05, 0) is 41.5 Å². The van der Waals surface area contributed by atoms with E-state index >= 15 is 0 Å². The van der Waals surface area contributed by atoms with Gasteiger partial charge in [-0.15, -0.1) is 0 Å². The monoisotopic (exact) mass is 334 g/mol. The molecule has 1 aromatic carbocycles. The Labute approximate surface area is 137 Å². The Hall–Kier alpha value is -3.30. The molecule has 0 aliphatic rings. The van der Waals surface area contributed by atoms with Crippen molar-refractivity contribution < 1.29 is 19.0 Å². The highest BCUT2D eigenvalue weighted by Crippen LogP contribution is 2.15. The van der Waals surface area contributed by atoms with Gasteiger partial charge in [0.05, 0.1) is 6.61 Å². The minimum absolute atomic E-state index is 0.0890. The van der Waals surface area contributed by atoms with Crippen molar-refractivity contribution in [3.63, 3.8) is 0 Å². The highest BCUT2D eigenvalue weighted by molar-refractivity contribution is 5.96. The molecule has 0 aliphatic heterocycles. The molecule has 3 amide bonds. The maximum atomic E-state index is 11.7. The van der Waals surface area contributed by atoms with Crippen LogP contribution in [0.25, 0.3) is 0 Å². The molecule has 5 N–H and O–H groups in total. The number of carbonyl (C=O) groups is 2. The predicted octanol–water partition coefficient (Wildman–Crippen LogP) is 0.602. The number of nitrogens with one attached hydrogen (secondary N) is 3. The summed E-state index contributed by atoms with van der Waals surface area (Å²) in [5, 5.41) is 14.5. The van der Waals surface area contributed by atoms with Gasteiger partial charge >= 0.3 is 6.03 Å². The molecule has 0 saturated carbocycles. The maximum Gasteiger partial charge on any atom is 0.319 e. The lowest BCUT2D eigenvalue weighted by Gasteiger charge is -2.09. The van der Waals surface area contributed by atoms with E-state index in [-0.39, 0.29) is 24.6 Å². The van der Waals surface area contributed by atoms with E-state index in [1.54, 1.807) is 24.3 Å². The summed E-state index contributed by atoms with van der Waals surface area (Å²) in [6.07, 6.45) is 0. The van der Waals surface area contributed by atoms with Crippen LogP contribution in [-0.2, 0) is 0 Å². The summed E-state index contributed by atoms with van der Waals surface area (Å²) < 4.78 is 9.64. The smallest absolute Gasteiger partial charge is 0.319 e. The number of aromatic nitrogens is 2. The molecule has 0 aliphatic carbocycles. The van der Waals surface area contributed by atoms with Crippen LogP contribution in [-0.4, -0.2) is 41.9 Å². The molecule has 1 heterocycles. The van der Waals surface area contributed by atoms with Crippen LogP contribution in [0.4, 0.5) is 16.3 Å². The number of amides is 3. The van der Waals surface area contributed by atoms with E-state index < -0.39 is 11.9 Å². The number of urea groups is 1. The first-order valence-corrected chi connectivity index (χ1v) is 7.24. The number of nitrogen functional groups attached to an aromatic ring is 1. The van der Waals surface area contributed by atoms with Gasteiger partial charge in [-0.1, -0.05) is 0 Å². The molecule has 2 aromatic rings. The zero-order valence-electron chi connectivity index (χ0n) is 13.0. The summed E-state index contributed by atoms with van der Waals surface area (Å²) in [7, 11) is 0. The number of rotatable bonds is 7. The van der Waals surface area contributed by atoms with Crippen molar-refractivity contribution in [3.05, 3.63) is 30.0 Å². The molecule has 10 heteroatoms. The number of nitrogens with zero attached hydrogens (tertiary/aromatic N) is 2. The van der Waals surface area contributed by atoms with Gasteiger partial charge in [0.2, 0.25) is 11.5 Å². The number of anilines is 2. The number of benzene rings is 1. The highest BCUT2D eigenvalue weighted by Gasteiger charge is 2.15. The van der Waals surface area contributed by atoms with Gasteiger partial charge in [-0.3, -0.25) is 4.79 Å². The lowest BCUT2D eigenvalue weighted by Crippen LogP contribution is -2.37. The van der Waals surface area contributed by atoms with Crippen LogP contribution in [0.1, 0.15) is 17.4 Å². The van der Waals surface area contributed by atoms with Gasteiger partial charge < -0.3 is 26.4 Å². The van der Waals surface area contributed by atoms with Crippen LogP contribution in [0.3, 0.4) is 0 Å². The van der Waals surface area contributed by atoms with E-state index in [0.29, 0.717) is 12.3 Å². The minimum atomic E-state index is -0.525. The van der Waals surface area contributed by atoms with E-state index in [1.165, 1.54) is 0 Å². The Morgan fingerprint density at radius 3 is 2.50 bits per heavy atom. The molecule has 10 nitrogen and oxygen atoms in total. The molecule has 0 spiro atoms. The molecule has 1 aromatic heterocycles. The number of carbonyl (C=O) groups excluding carboxylic acids is 2. The lowest BCUT2D eigenvalue weighted by atomic mass is 10.3. The molecule has 0 atom stereocenters. The van der Waals surface area contributed by atoms with Crippen molar-refractivity contribution in [2.75, 3.05) is 30.7 Å². The predicted molar refractivity (Wildman–Crippen MR) is 85.7 cm³/mol. The maximum absolute atomic E-state index is 11.7. The van der Waals surface area contributed by atoms with E-state index in [0.717, 1.165) is 5.75 Å². The van der Waals surface area contributed by atoms with Crippen molar-refractivity contribution in [1.82, 2.24) is 20.9 Å².